The van der Waals surface area contributed by atoms with E-state index in [-0.39, 0.29) is 17.1 Å². The lowest BCUT2D eigenvalue weighted by molar-refractivity contribution is -0.137. The summed E-state index contributed by atoms with van der Waals surface area (Å²) in [4.78, 5) is 12.6. The Hall–Kier alpha value is -2.59. The SMILES string of the molecule is O=C(CN(CCc1ccccc1)S(=O)(=O)c1ccc(Cl)cc1)Nc1ccc(Cl)c(C(F)(F)F)c1. The minimum Gasteiger partial charge on any atom is -0.325 e. The molecule has 34 heavy (non-hydrogen) atoms. The van der Waals surface area contributed by atoms with Gasteiger partial charge in [-0.15, -0.1) is 0 Å². The van der Waals surface area contributed by atoms with Crippen LogP contribution in [0, 0.1) is 0 Å². The Labute approximate surface area is 205 Å². The van der Waals surface area contributed by atoms with Crippen LogP contribution in [0.1, 0.15) is 11.1 Å². The lowest BCUT2D eigenvalue weighted by Gasteiger charge is -2.22. The standard InChI is InChI=1S/C23H19Cl2F3N2O3S/c24-17-6-9-19(10-7-17)34(32,33)30(13-12-16-4-2-1-3-5-16)15-22(31)29-18-8-11-21(25)20(14-18)23(26,27)28/h1-11,14H,12-13,15H2,(H,29,31). The second-order valence-electron chi connectivity index (χ2n) is 7.27. The molecule has 0 aliphatic rings. The Kier molecular flexibility index (Phi) is 8.25. The number of hydrogen-bond acceptors (Lipinski definition) is 3. The second kappa shape index (κ2) is 10.8. The van der Waals surface area contributed by atoms with Crippen LogP contribution in [0.5, 0.6) is 0 Å². The number of anilines is 1. The lowest BCUT2D eigenvalue weighted by Crippen LogP contribution is -2.39. The fraction of sp³-hybridized carbons (Fsp3) is 0.174. The Bertz CT molecular complexity index is 1250. The topological polar surface area (TPSA) is 66.5 Å². The third-order valence-electron chi connectivity index (χ3n) is 4.82. The van der Waals surface area contributed by atoms with Crippen LogP contribution >= 0.6 is 23.2 Å². The molecule has 0 aliphatic carbocycles. The van der Waals surface area contributed by atoms with E-state index in [1.54, 1.807) is 12.1 Å². The molecule has 3 aromatic rings. The fourth-order valence-electron chi connectivity index (χ4n) is 3.12. The van der Waals surface area contributed by atoms with Gasteiger partial charge in [-0.2, -0.15) is 17.5 Å². The first kappa shape index (κ1) is 26.0. The summed E-state index contributed by atoms with van der Waals surface area (Å²) < 4.78 is 66.8. The monoisotopic (exact) mass is 530 g/mol. The number of hydrogen-bond donors (Lipinski definition) is 1. The van der Waals surface area contributed by atoms with Crippen LogP contribution in [0.3, 0.4) is 0 Å². The summed E-state index contributed by atoms with van der Waals surface area (Å²) in [6.45, 7) is -0.640. The van der Waals surface area contributed by atoms with E-state index in [2.05, 4.69) is 5.32 Å². The molecule has 11 heteroatoms. The molecule has 0 saturated carbocycles. The largest absolute Gasteiger partial charge is 0.417 e. The van der Waals surface area contributed by atoms with Gasteiger partial charge in [0.05, 0.1) is 22.0 Å². The van der Waals surface area contributed by atoms with Gasteiger partial charge in [-0.1, -0.05) is 53.5 Å². The predicted octanol–water partition coefficient (Wildman–Crippen LogP) is 5.88. The number of halogens is 5. The molecule has 0 heterocycles. The van der Waals surface area contributed by atoms with E-state index in [0.29, 0.717) is 17.5 Å². The van der Waals surface area contributed by atoms with Gasteiger partial charge in [0.2, 0.25) is 15.9 Å². The van der Waals surface area contributed by atoms with Gasteiger partial charge in [0.1, 0.15) is 0 Å². The number of nitrogens with one attached hydrogen (secondary N) is 1. The van der Waals surface area contributed by atoms with Crippen molar-refractivity contribution in [1.29, 1.82) is 0 Å². The van der Waals surface area contributed by atoms with Crippen LogP contribution in [0.4, 0.5) is 18.9 Å². The summed E-state index contributed by atoms with van der Waals surface area (Å²) in [7, 11) is -4.10. The molecule has 0 radical (unpaired) electrons. The van der Waals surface area contributed by atoms with Gasteiger partial charge < -0.3 is 5.32 Å². The Balaban J connectivity index is 1.83. The van der Waals surface area contributed by atoms with Crippen LogP contribution in [-0.4, -0.2) is 31.7 Å². The number of carbonyl (C=O) groups is 1. The third-order valence-corrected chi connectivity index (χ3v) is 7.26. The molecule has 3 aromatic carbocycles. The summed E-state index contributed by atoms with van der Waals surface area (Å²) in [5, 5.41) is 2.15. The molecule has 0 aromatic heterocycles. The van der Waals surface area contributed by atoms with Gasteiger partial charge in [0, 0.05) is 17.3 Å². The Morgan fingerprint density at radius 2 is 1.59 bits per heavy atom. The highest BCUT2D eigenvalue weighted by Gasteiger charge is 2.33. The fourth-order valence-corrected chi connectivity index (χ4v) is 4.87. The molecule has 5 nitrogen and oxygen atoms in total. The zero-order chi connectivity index (χ0) is 24.9. The van der Waals surface area contributed by atoms with E-state index in [1.165, 1.54) is 30.3 Å². The average Bonchev–Trinajstić information content (AvgIpc) is 2.78. The molecule has 1 amide bonds. The highest BCUT2D eigenvalue weighted by atomic mass is 35.5. The van der Waals surface area contributed by atoms with Crippen molar-refractivity contribution in [3.8, 4) is 0 Å². The highest BCUT2D eigenvalue weighted by molar-refractivity contribution is 7.89. The van der Waals surface area contributed by atoms with Gasteiger partial charge in [0.25, 0.3) is 0 Å². The van der Waals surface area contributed by atoms with Crippen LogP contribution in [0.25, 0.3) is 0 Å². The molecule has 180 valence electrons. The minimum absolute atomic E-state index is 0.0309. The van der Waals surface area contributed by atoms with Crippen LogP contribution in [0.2, 0.25) is 10.0 Å². The Morgan fingerprint density at radius 1 is 0.941 bits per heavy atom. The van der Waals surface area contributed by atoms with Gasteiger partial charge in [-0.25, -0.2) is 8.42 Å². The molecule has 0 fully saturated rings. The molecule has 0 spiro atoms. The van der Waals surface area contributed by atoms with E-state index < -0.39 is 39.2 Å². The minimum atomic E-state index is -4.71. The van der Waals surface area contributed by atoms with Gasteiger partial charge in [0.15, 0.2) is 0 Å². The number of alkyl halides is 3. The van der Waals surface area contributed by atoms with Crippen molar-refractivity contribution in [3.63, 3.8) is 0 Å². The van der Waals surface area contributed by atoms with Crippen molar-refractivity contribution in [1.82, 2.24) is 4.31 Å². The molecule has 3 rings (SSSR count). The van der Waals surface area contributed by atoms with Crippen LogP contribution in [0.15, 0.2) is 77.7 Å². The third kappa shape index (κ3) is 6.73. The predicted molar refractivity (Wildman–Crippen MR) is 125 cm³/mol. The summed E-state index contributed by atoms with van der Waals surface area (Å²) in [5.74, 6) is -0.805. The molecule has 0 atom stereocenters. The number of sulfonamides is 1. The average molecular weight is 531 g/mol. The molecular weight excluding hydrogens is 512 g/mol. The lowest BCUT2D eigenvalue weighted by atomic mass is 10.1. The number of amides is 1. The molecule has 1 N–H and O–H groups in total. The molecule has 0 bridgehead atoms. The number of rotatable bonds is 8. The maximum absolute atomic E-state index is 13.2. The van der Waals surface area contributed by atoms with Crippen molar-refractivity contribution < 1.29 is 26.4 Å². The van der Waals surface area contributed by atoms with E-state index in [9.17, 15) is 26.4 Å². The molecular formula is C23H19Cl2F3N2O3S. The van der Waals surface area contributed by atoms with Crippen molar-refractivity contribution in [2.24, 2.45) is 0 Å². The van der Waals surface area contributed by atoms with Crippen molar-refractivity contribution in [3.05, 3.63) is 94.0 Å². The molecule has 0 aliphatic heterocycles. The van der Waals surface area contributed by atoms with Gasteiger partial charge in [-0.05, 0) is 54.4 Å². The second-order valence-corrected chi connectivity index (χ2v) is 10.1. The first-order valence-electron chi connectivity index (χ1n) is 9.93. The zero-order valence-electron chi connectivity index (χ0n) is 17.5. The van der Waals surface area contributed by atoms with Crippen LogP contribution < -0.4 is 5.32 Å². The summed E-state index contributed by atoms with van der Waals surface area (Å²) >= 11 is 11.5. The van der Waals surface area contributed by atoms with Crippen molar-refractivity contribution >= 4 is 44.8 Å². The summed E-state index contributed by atoms with van der Waals surface area (Å²) in [6, 6.07) is 17.4. The van der Waals surface area contributed by atoms with Crippen LogP contribution in [-0.2, 0) is 27.4 Å². The normalized spacial score (nSPS) is 12.1. The summed E-state index contributed by atoms with van der Waals surface area (Å²) in [5.41, 5.74) is -0.415. The number of benzene rings is 3. The first-order valence-corrected chi connectivity index (χ1v) is 12.1. The summed E-state index contributed by atoms with van der Waals surface area (Å²) in [6.07, 6.45) is -4.39. The van der Waals surface area contributed by atoms with E-state index in [4.69, 9.17) is 23.2 Å². The van der Waals surface area contributed by atoms with E-state index in [0.717, 1.165) is 15.9 Å². The number of nitrogens with zero attached hydrogens (tertiary/aromatic N) is 1. The van der Waals surface area contributed by atoms with Crippen molar-refractivity contribution in [2.75, 3.05) is 18.4 Å². The Morgan fingerprint density at radius 3 is 2.21 bits per heavy atom. The smallest absolute Gasteiger partial charge is 0.325 e. The molecule has 0 saturated heterocycles. The highest BCUT2D eigenvalue weighted by Crippen LogP contribution is 2.36. The maximum Gasteiger partial charge on any atom is 0.417 e. The maximum atomic E-state index is 13.2. The van der Waals surface area contributed by atoms with Gasteiger partial charge in [-0.3, -0.25) is 4.79 Å². The first-order chi connectivity index (χ1) is 16.0. The molecule has 0 unspecified atom stereocenters. The van der Waals surface area contributed by atoms with Gasteiger partial charge >= 0.3 is 6.18 Å². The van der Waals surface area contributed by atoms with E-state index >= 15 is 0 Å². The zero-order valence-corrected chi connectivity index (χ0v) is 19.8. The number of carbonyl (C=O) groups excluding carboxylic acids is 1. The van der Waals surface area contributed by atoms with E-state index in [1.807, 2.05) is 18.2 Å². The van der Waals surface area contributed by atoms with Crippen molar-refractivity contribution in [2.45, 2.75) is 17.5 Å². The quantitative estimate of drug-likeness (QED) is 0.395.